The average Bonchev–Trinajstić information content (AvgIpc) is 2.72. The molecule has 0 aliphatic carbocycles. The third-order valence-corrected chi connectivity index (χ3v) is 5.99. The van der Waals surface area contributed by atoms with Crippen LogP contribution in [0.3, 0.4) is 0 Å². The molecule has 7 nitrogen and oxygen atoms in total. The number of benzene rings is 1. The van der Waals surface area contributed by atoms with Gasteiger partial charge in [-0.2, -0.15) is 0 Å². The topological polar surface area (TPSA) is 72.5 Å². The number of rotatable bonds is 4. The van der Waals surface area contributed by atoms with Gasteiger partial charge in [-0.1, -0.05) is 45.0 Å². The first-order valence-electron chi connectivity index (χ1n) is 11.2. The van der Waals surface area contributed by atoms with Crippen molar-refractivity contribution < 1.29 is 4.79 Å². The van der Waals surface area contributed by atoms with E-state index in [4.69, 9.17) is 4.98 Å². The highest BCUT2D eigenvalue weighted by atomic mass is 16.2. The van der Waals surface area contributed by atoms with Crippen LogP contribution < -0.4 is 10.5 Å². The number of hydrogen-bond acceptors (Lipinski definition) is 5. The van der Waals surface area contributed by atoms with E-state index in [0.717, 1.165) is 25.2 Å². The molecule has 4 rings (SSSR count). The second-order valence-corrected chi connectivity index (χ2v) is 9.89. The molecule has 1 saturated heterocycles. The Hall–Kier alpha value is -2.67. The molecule has 2 aliphatic rings. The molecule has 2 aromatic rings. The molecule has 166 valence electrons. The third kappa shape index (κ3) is 5.53. The largest absolute Gasteiger partial charge is 0.339 e. The highest BCUT2D eigenvalue weighted by Gasteiger charge is 2.26. The quantitative estimate of drug-likeness (QED) is 0.818. The standard InChI is InChI=1S/C24H33N5O2/c1-24(2,3)15-22(31)28-10-12-29(13-11-28)23-25-20(14-21(30)26-23)17-27-9-8-18-6-4-5-7-19(18)16-27/h4-7,14H,8-13,15-17H2,1-3H3,(H,25,26,30). The van der Waals surface area contributed by atoms with Crippen LogP contribution in [0.5, 0.6) is 0 Å². The maximum atomic E-state index is 12.5. The Kier molecular flexibility index (Phi) is 6.14. The SMILES string of the molecule is CC(C)(C)CC(=O)N1CCN(c2nc(CN3CCc4ccccc4C3)cc(=O)[nH]2)CC1. The minimum absolute atomic E-state index is 0.00962. The number of anilines is 1. The zero-order valence-electron chi connectivity index (χ0n) is 18.9. The first-order valence-corrected chi connectivity index (χ1v) is 11.2. The van der Waals surface area contributed by atoms with Crippen LogP contribution in [0.4, 0.5) is 5.95 Å². The Balaban J connectivity index is 1.39. The Morgan fingerprint density at radius 1 is 1.06 bits per heavy atom. The van der Waals surface area contributed by atoms with E-state index >= 15 is 0 Å². The van der Waals surface area contributed by atoms with Gasteiger partial charge in [0.05, 0.1) is 5.69 Å². The van der Waals surface area contributed by atoms with Gasteiger partial charge in [-0.05, 0) is 23.0 Å². The summed E-state index contributed by atoms with van der Waals surface area (Å²) in [5.74, 6) is 0.815. The molecule has 1 fully saturated rings. The lowest BCUT2D eigenvalue weighted by Crippen LogP contribution is -2.50. The second-order valence-electron chi connectivity index (χ2n) is 9.89. The maximum Gasteiger partial charge on any atom is 0.252 e. The summed E-state index contributed by atoms with van der Waals surface area (Å²) in [6.07, 6.45) is 1.58. The van der Waals surface area contributed by atoms with Gasteiger partial charge in [-0.15, -0.1) is 0 Å². The highest BCUT2D eigenvalue weighted by Crippen LogP contribution is 2.22. The molecule has 0 unspecified atom stereocenters. The van der Waals surface area contributed by atoms with E-state index in [1.165, 1.54) is 11.1 Å². The van der Waals surface area contributed by atoms with Gasteiger partial charge in [0, 0.05) is 58.3 Å². The summed E-state index contributed by atoms with van der Waals surface area (Å²) in [5.41, 5.74) is 3.43. The number of amides is 1. The number of aromatic amines is 1. The number of nitrogens with one attached hydrogen (secondary N) is 1. The molecule has 31 heavy (non-hydrogen) atoms. The van der Waals surface area contributed by atoms with E-state index in [1.54, 1.807) is 6.07 Å². The van der Waals surface area contributed by atoms with Crippen molar-refractivity contribution in [3.8, 4) is 0 Å². The number of nitrogens with zero attached hydrogens (tertiary/aromatic N) is 4. The summed E-state index contributed by atoms with van der Waals surface area (Å²) >= 11 is 0. The van der Waals surface area contributed by atoms with Gasteiger partial charge in [0.25, 0.3) is 5.56 Å². The van der Waals surface area contributed by atoms with Crippen molar-refractivity contribution in [1.82, 2.24) is 19.8 Å². The fourth-order valence-electron chi connectivity index (χ4n) is 4.38. The highest BCUT2D eigenvalue weighted by molar-refractivity contribution is 5.77. The lowest BCUT2D eigenvalue weighted by atomic mass is 9.91. The fourth-order valence-corrected chi connectivity index (χ4v) is 4.38. The van der Waals surface area contributed by atoms with Crippen molar-refractivity contribution >= 4 is 11.9 Å². The molecule has 1 amide bonds. The number of hydrogen-bond donors (Lipinski definition) is 1. The van der Waals surface area contributed by atoms with Crippen molar-refractivity contribution in [3.05, 3.63) is 57.5 Å². The summed E-state index contributed by atoms with van der Waals surface area (Å²) < 4.78 is 0. The lowest BCUT2D eigenvalue weighted by molar-refractivity contribution is -0.133. The Labute approximate surface area is 184 Å². The van der Waals surface area contributed by atoms with Crippen LogP contribution in [0.15, 0.2) is 35.1 Å². The molecule has 1 aromatic heterocycles. The van der Waals surface area contributed by atoms with Crippen molar-refractivity contribution in [3.63, 3.8) is 0 Å². The van der Waals surface area contributed by atoms with E-state index in [9.17, 15) is 9.59 Å². The molecular weight excluding hydrogens is 390 g/mol. The normalized spacial score (nSPS) is 17.5. The van der Waals surface area contributed by atoms with Gasteiger partial charge in [0.2, 0.25) is 11.9 Å². The molecule has 1 aromatic carbocycles. The summed E-state index contributed by atoms with van der Waals surface area (Å²) in [6, 6.07) is 10.2. The third-order valence-electron chi connectivity index (χ3n) is 5.99. The summed E-state index contributed by atoms with van der Waals surface area (Å²) in [6.45, 7) is 11.4. The molecule has 0 spiro atoms. The smallest absolute Gasteiger partial charge is 0.252 e. The Bertz CT molecular complexity index is 986. The molecule has 0 atom stereocenters. The minimum atomic E-state index is -0.122. The van der Waals surface area contributed by atoms with Gasteiger partial charge in [0.1, 0.15) is 0 Å². The number of H-pyrrole nitrogens is 1. The van der Waals surface area contributed by atoms with E-state index < -0.39 is 0 Å². The van der Waals surface area contributed by atoms with Crippen molar-refractivity contribution in [2.24, 2.45) is 5.41 Å². The van der Waals surface area contributed by atoms with E-state index in [-0.39, 0.29) is 16.9 Å². The van der Waals surface area contributed by atoms with Crippen LogP contribution in [0.25, 0.3) is 0 Å². The van der Waals surface area contributed by atoms with Crippen LogP contribution in [0.2, 0.25) is 0 Å². The van der Waals surface area contributed by atoms with Crippen molar-refractivity contribution in [1.29, 1.82) is 0 Å². The van der Waals surface area contributed by atoms with Crippen LogP contribution in [-0.4, -0.2) is 58.4 Å². The predicted molar refractivity (Wildman–Crippen MR) is 122 cm³/mol. The minimum Gasteiger partial charge on any atom is -0.339 e. The molecule has 2 aliphatic heterocycles. The second kappa shape index (κ2) is 8.83. The summed E-state index contributed by atoms with van der Waals surface area (Å²) in [4.78, 5) is 38.8. The Morgan fingerprint density at radius 2 is 1.77 bits per heavy atom. The molecule has 0 radical (unpaired) electrons. The van der Waals surface area contributed by atoms with Gasteiger partial charge >= 0.3 is 0 Å². The molecule has 7 heteroatoms. The molecule has 0 saturated carbocycles. The molecule has 1 N–H and O–H groups in total. The predicted octanol–water partition coefficient (Wildman–Crippen LogP) is 2.41. The number of piperazine rings is 1. The van der Waals surface area contributed by atoms with Crippen LogP contribution in [0.1, 0.15) is 44.0 Å². The number of aromatic nitrogens is 2. The monoisotopic (exact) mass is 423 g/mol. The van der Waals surface area contributed by atoms with Gasteiger partial charge in [0.15, 0.2) is 0 Å². The number of fused-ring (bicyclic) bond motifs is 1. The van der Waals surface area contributed by atoms with Gasteiger partial charge in [-0.3, -0.25) is 19.5 Å². The fraction of sp³-hybridized carbons (Fsp3) is 0.542. The molecule has 3 heterocycles. The maximum absolute atomic E-state index is 12.5. The van der Waals surface area contributed by atoms with Crippen LogP contribution in [-0.2, 0) is 24.3 Å². The van der Waals surface area contributed by atoms with E-state index in [2.05, 4.69) is 59.8 Å². The van der Waals surface area contributed by atoms with Crippen molar-refractivity contribution in [2.45, 2.75) is 46.7 Å². The number of carbonyl (C=O) groups is 1. The lowest BCUT2D eigenvalue weighted by Gasteiger charge is -2.36. The zero-order chi connectivity index (χ0) is 22.0. The summed E-state index contributed by atoms with van der Waals surface area (Å²) in [7, 11) is 0. The Morgan fingerprint density at radius 3 is 2.48 bits per heavy atom. The number of carbonyl (C=O) groups excluding carboxylic acids is 1. The molecular formula is C24H33N5O2. The summed E-state index contributed by atoms with van der Waals surface area (Å²) in [5, 5.41) is 0. The van der Waals surface area contributed by atoms with Crippen molar-refractivity contribution in [2.75, 3.05) is 37.6 Å². The average molecular weight is 424 g/mol. The van der Waals surface area contributed by atoms with Crippen LogP contribution >= 0.6 is 0 Å². The van der Waals surface area contributed by atoms with Gasteiger partial charge < -0.3 is 9.80 Å². The zero-order valence-corrected chi connectivity index (χ0v) is 18.9. The van der Waals surface area contributed by atoms with E-state index in [1.807, 2.05) is 4.90 Å². The van der Waals surface area contributed by atoms with E-state index in [0.29, 0.717) is 45.1 Å². The van der Waals surface area contributed by atoms with Gasteiger partial charge in [-0.25, -0.2) is 4.98 Å². The first-order chi connectivity index (χ1) is 14.8. The molecule has 0 bridgehead atoms. The van der Waals surface area contributed by atoms with Crippen LogP contribution in [0, 0.1) is 5.41 Å². The first kappa shape index (κ1) is 21.6.